The Morgan fingerprint density at radius 2 is 1.87 bits per heavy atom. The fourth-order valence-electron chi connectivity index (χ4n) is 2.97. The molecule has 0 aliphatic carbocycles. The number of H-pyrrole nitrogens is 1. The minimum Gasteiger partial charge on any atom is -0.453 e. The zero-order valence-corrected chi connectivity index (χ0v) is 17.6. The van der Waals surface area contributed by atoms with E-state index in [1.54, 1.807) is 38.1 Å². The van der Waals surface area contributed by atoms with Crippen molar-refractivity contribution in [3.05, 3.63) is 62.0 Å². The number of rotatable bonds is 7. The molecule has 2 N–H and O–H groups in total. The van der Waals surface area contributed by atoms with Crippen LogP contribution in [0.3, 0.4) is 0 Å². The highest BCUT2D eigenvalue weighted by Crippen LogP contribution is 2.27. The maximum absolute atomic E-state index is 12.5. The number of aryl methyl sites for hydroxylation is 2. The molecule has 0 aliphatic heterocycles. The van der Waals surface area contributed by atoms with E-state index in [1.165, 1.54) is 6.92 Å². The Bertz CT molecular complexity index is 1180. The van der Waals surface area contributed by atoms with E-state index in [-0.39, 0.29) is 22.1 Å². The molecule has 30 heavy (non-hydrogen) atoms. The average Bonchev–Trinajstić information content (AvgIpc) is 3.02. The van der Waals surface area contributed by atoms with Crippen molar-refractivity contribution >= 4 is 39.2 Å². The Labute approximate surface area is 176 Å². The van der Waals surface area contributed by atoms with Crippen LogP contribution in [0.4, 0.5) is 0 Å². The second-order valence-electron chi connectivity index (χ2n) is 6.82. The van der Waals surface area contributed by atoms with Crippen molar-refractivity contribution in [2.75, 3.05) is 13.2 Å². The zero-order valence-electron chi connectivity index (χ0n) is 16.8. The van der Waals surface area contributed by atoms with Gasteiger partial charge in [0.15, 0.2) is 12.4 Å². The summed E-state index contributed by atoms with van der Waals surface area (Å²) in [5, 5.41) is 3.07. The molecular weight excluding hydrogens is 406 g/mol. The molecule has 0 saturated carbocycles. The van der Waals surface area contributed by atoms with Gasteiger partial charge in [-0.1, -0.05) is 24.3 Å². The third-order valence-electron chi connectivity index (χ3n) is 4.50. The van der Waals surface area contributed by atoms with Gasteiger partial charge in [-0.25, -0.2) is 9.78 Å². The van der Waals surface area contributed by atoms with Gasteiger partial charge in [-0.05, 0) is 31.4 Å². The van der Waals surface area contributed by atoms with Crippen LogP contribution in [0.15, 0.2) is 29.1 Å². The number of ketones is 1. The first kappa shape index (κ1) is 21.4. The van der Waals surface area contributed by atoms with Gasteiger partial charge in [-0.3, -0.25) is 14.4 Å². The summed E-state index contributed by atoms with van der Waals surface area (Å²) in [6.45, 7) is 4.90. The van der Waals surface area contributed by atoms with Gasteiger partial charge in [0.2, 0.25) is 5.91 Å². The molecule has 1 amide bonds. The van der Waals surface area contributed by atoms with E-state index in [9.17, 15) is 19.2 Å². The summed E-state index contributed by atoms with van der Waals surface area (Å²) in [7, 11) is 0. The molecule has 0 bridgehead atoms. The van der Waals surface area contributed by atoms with Crippen LogP contribution < -0.4 is 10.9 Å². The Balaban J connectivity index is 1.63. The minimum absolute atomic E-state index is 0.0898. The fraction of sp³-hybridized carbons (Fsp3) is 0.286. The molecule has 0 spiro atoms. The second kappa shape index (κ2) is 9.00. The number of benzene rings is 1. The van der Waals surface area contributed by atoms with E-state index in [1.807, 2.05) is 0 Å². The van der Waals surface area contributed by atoms with Gasteiger partial charge in [0.1, 0.15) is 15.5 Å². The number of esters is 1. The summed E-state index contributed by atoms with van der Waals surface area (Å²) < 4.78 is 5.18. The zero-order chi connectivity index (χ0) is 21.8. The second-order valence-corrected chi connectivity index (χ2v) is 7.82. The third-order valence-corrected chi connectivity index (χ3v) is 5.67. The van der Waals surface area contributed by atoms with E-state index in [0.29, 0.717) is 40.1 Å². The molecule has 156 valence electrons. The maximum Gasteiger partial charge on any atom is 0.349 e. The number of hydrogen-bond donors (Lipinski definition) is 2. The van der Waals surface area contributed by atoms with Crippen LogP contribution >= 0.6 is 11.3 Å². The average molecular weight is 427 g/mol. The number of hydrogen-bond acceptors (Lipinski definition) is 7. The largest absolute Gasteiger partial charge is 0.453 e. The molecule has 2 aromatic heterocycles. The normalized spacial score (nSPS) is 10.8. The lowest BCUT2D eigenvalue weighted by atomic mass is 10.1. The van der Waals surface area contributed by atoms with E-state index >= 15 is 0 Å². The van der Waals surface area contributed by atoms with E-state index in [2.05, 4.69) is 15.3 Å². The van der Waals surface area contributed by atoms with Gasteiger partial charge >= 0.3 is 5.97 Å². The molecule has 2 heterocycles. The molecule has 3 rings (SSSR count). The number of Topliss-reactive ketones (excluding diaryl/α,β-unsaturated/α-hetero) is 1. The highest BCUT2D eigenvalue weighted by molar-refractivity contribution is 7.20. The fourth-order valence-corrected chi connectivity index (χ4v) is 4.09. The molecule has 0 radical (unpaired) electrons. The molecular formula is C21H21N3O5S. The standard InChI is InChI=1S/C21H21N3O5S/c1-11-17-19(27)23-12(2)24-20(17)30-18(11)21(28)29-10-16(26)15-6-4-14(5-7-15)8-9-22-13(3)25/h4-7H,8-10H2,1-3H3,(H,22,25)(H,23,24,27). The number of aromatic amines is 1. The first-order chi connectivity index (χ1) is 14.3. The van der Waals surface area contributed by atoms with Crippen LogP contribution in [0.1, 0.15) is 43.9 Å². The molecule has 9 heteroatoms. The van der Waals surface area contributed by atoms with Gasteiger partial charge < -0.3 is 15.0 Å². The number of ether oxygens (including phenoxy) is 1. The monoisotopic (exact) mass is 427 g/mol. The smallest absolute Gasteiger partial charge is 0.349 e. The first-order valence-corrected chi connectivity index (χ1v) is 10.1. The summed E-state index contributed by atoms with van der Waals surface area (Å²) in [4.78, 5) is 55.4. The Hall–Kier alpha value is -3.33. The number of aromatic nitrogens is 2. The predicted molar refractivity (Wildman–Crippen MR) is 113 cm³/mol. The van der Waals surface area contributed by atoms with Crippen LogP contribution in [-0.2, 0) is 16.0 Å². The van der Waals surface area contributed by atoms with Crippen molar-refractivity contribution in [3.8, 4) is 0 Å². The molecule has 8 nitrogen and oxygen atoms in total. The minimum atomic E-state index is -0.659. The van der Waals surface area contributed by atoms with Crippen LogP contribution in [0.2, 0.25) is 0 Å². The van der Waals surface area contributed by atoms with Crippen molar-refractivity contribution in [2.24, 2.45) is 0 Å². The molecule has 0 unspecified atom stereocenters. The number of thiophene rings is 1. The van der Waals surface area contributed by atoms with Crippen molar-refractivity contribution in [3.63, 3.8) is 0 Å². The third kappa shape index (κ3) is 4.80. The van der Waals surface area contributed by atoms with Gasteiger partial charge in [0, 0.05) is 19.0 Å². The van der Waals surface area contributed by atoms with Gasteiger partial charge in [-0.15, -0.1) is 11.3 Å². The molecule has 0 saturated heterocycles. The van der Waals surface area contributed by atoms with Gasteiger partial charge in [0.05, 0.1) is 5.39 Å². The number of fused-ring (bicyclic) bond motifs is 1. The molecule has 0 fully saturated rings. The molecule has 0 atom stereocenters. The summed E-state index contributed by atoms with van der Waals surface area (Å²) in [5.41, 5.74) is 1.59. The summed E-state index contributed by atoms with van der Waals surface area (Å²) in [6, 6.07) is 6.92. The number of amides is 1. The number of carbonyl (C=O) groups is 3. The summed E-state index contributed by atoms with van der Waals surface area (Å²) in [6.07, 6.45) is 0.654. The summed E-state index contributed by atoms with van der Waals surface area (Å²) >= 11 is 1.07. The van der Waals surface area contributed by atoms with Crippen molar-refractivity contribution in [2.45, 2.75) is 27.2 Å². The van der Waals surface area contributed by atoms with Crippen molar-refractivity contribution in [1.82, 2.24) is 15.3 Å². The number of nitrogens with one attached hydrogen (secondary N) is 2. The van der Waals surface area contributed by atoms with Crippen LogP contribution in [0.25, 0.3) is 10.2 Å². The molecule has 3 aromatic rings. The lowest BCUT2D eigenvalue weighted by Crippen LogP contribution is -2.22. The number of carbonyl (C=O) groups excluding carboxylic acids is 3. The number of nitrogens with zero attached hydrogens (tertiary/aromatic N) is 1. The quantitative estimate of drug-likeness (QED) is 0.441. The Morgan fingerprint density at radius 1 is 1.17 bits per heavy atom. The summed E-state index contributed by atoms with van der Waals surface area (Å²) in [5.74, 6) is -0.618. The first-order valence-electron chi connectivity index (χ1n) is 9.30. The van der Waals surface area contributed by atoms with Gasteiger partial charge in [0.25, 0.3) is 5.56 Å². The predicted octanol–water partition coefficient (Wildman–Crippen LogP) is 2.32. The highest BCUT2D eigenvalue weighted by atomic mass is 32.1. The van der Waals surface area contributed by atoms with Crippen molar-refractivity contribution < 1.29 is 19.1 Å². The Kier molecular flexibility index (Phi) is 6.41. The molecule has 1 aromatic carbocycles. The van der Waals surface area contributed by atoms with E-state index in [4.69, 9.17) is 4.74 Å². The van der Waals surface area contributed by atoms with Crippen LogP contribution in [0, 0.1) is 13.8 Å². The maximum atomic E-state index is 12.5. The SMILES string of the molecule is CC(=O)NCCc1ccc(C(=O)COC(=O)c2sc3nc(C)[nH]c(=O)c3c2C)cc1. The van der Waals surface area contributed by atoms with Crippen LogP contribution in [-0.4, -0.2) is 40.8 Å². The lowest BCUT2D eigenvalue weighted by Gasteiger charge is -2.06. The van der Waals surface area contributed by atoms with E-state index in [0.717, 1.165) is 16.9 Å². The van der Waals surface area contributed by atoms with Gasteiger partial charge in [-0.2, -0.15) is 0 Å². The van der Waals surface area contributed by atoms with Crippen molar-refractivity contribution in [1.29, 1.82) is 0 Å². The lowest BCUT2D eigenvalue weighted by molar-refractivity contribution is -0.118. The van der Waals surface area contributed by atoms with E-state index < -0.39 is 12.6 Å². The van der Waals surface area contributed by atoms with Crippen LogP contribution in [0.5, 0.6) is 0 Å². The highest BCUT2D eigenvalue weighted by Gasteiger charge is 2.21. The topological polar surface area (TPSA) is 118 Å². The Morgan fingerprint density at radius 3 is 2.53 bits per heavy atom. The molecule has 0 aliphatic rings.